The molecule has 0 aliphatic rings. The molecule has 0 radical (unpaired) electrons. The number of nitrogens with one attached hydrogen (secondary N) is 1. The molecule has 1 aromatic heterocycles. The van der Waals surface area contributed by atoms with Crippen molar-refractivity contribution in [2.45, 2.75) is 19.4 Å². The summed E-state index contributed by atoms with van der Waals surface area (Å²) in [5.41, 5.74) is 1.63. The molecule has 0 spiro atoms. The third kappa shape index (κ3) is 3.28. The van der Waals surface area contributed by atoms with E-state index in [9.17, 15) is 4.39 Å². The predicted molar refractivity (Wildman–Crippen MR) is 73.7 cm³/mol. The molecular weight excluding hydrogens is 265 g/mol. The maximum Gasteiger partial charge on any atom is 0.142 e. The van der Waals surface area contributed by atoms with Crippen LogP contribution >= 0.6 is 11.6 Å². The normalized spacial score (nSPS) is 12.4. The molecule has 100 valence electrons. The minimum absolute atomic E-state index is 0.0269. The molecule has 19 heavy (non-hydrogen) atoms. The van der Waals surface area contributed by atoms with Gasteiger partial charge in [0.15, 0.2) is 0 Å². The summed E-state index contributed by atoms with van der Waals surface area (Å²) in [5, 5.41) is 3.34. The van der Waals surface area contributed by atoms with Gasteiger partial charge >= 0.3 is 0 Å². The number of nitrogens with zero attached hydrogens (tertiary/aromatic N) is 2. The van der Waals surface area contributed by atoms with Crippen LogP contribution in [-0.2, 0) is 6.42 Å². The van der Waals surface area contributed by atoms with Gasteiger partial charge in [0.2, 0.25) is 0 Å². The smallest absolute Gasteiger partial charge is 0.142 e. The van der Waals surface area contributed by atoms with Crippen molar-refractivity contribution in [1.29, 1.82) is 0 Å². The summed E-state index contributed by atoms with van der Waals surface area (Å²) in [6.07, 6.45) is 2.29. The van der Waals surface area contributed by atoms with Crippen molar-refractivity contribution >= 4 is 11.6 Å². The number of aromatic nitrogens is 2. The second-order valence-corrected chi connectivity index (χ2v) is 4.67. The van der Waals surface area contributed by atoms with Crippen LogP contribution in [0.15, 0.2) is 30.5 Å². The van der Waals surface area contributed by atoms with Crippen LogP contribution in [0.3, 0.4) is 0 Å². The van der Waals surface area contributed by atoms with Gasteiger partial charge in [-0.2, -0.15) is 0 Å². The van der Waals surface area contributed by atoms with Crippen LogP contribution in [0.2, 0.25) is 5.02 Å². The molecule has 0 aliphatic carbocycles. The zero-order valence-corrected chi connectivity index (χ0v) is 11.6. The van der Waals surface area contributed by atoms with Crippen molar-refractivity contribution in [3.8, 4) is 0 Å². The molecule has 0 saturated carbocycles. The Balaban J connectivity index is 2.26. The average Bonchev–Trinajstić information content (AvgIpc) is 2.40. The molecule has 5 heteroatoms. The van der Waals surface area contributed by atoms with E-state index in [0.29, 0.717) is 12.2 Å². The SMILES string of the molecule is CNC(Cc1cccc(F)c1Cl)c1ccnc(C)n1. The summed E-state index contributed by atoms with van der Waals surface area (Å²) in [6.45, 7) is 1.84. The summed E-state index contributed by atoms with van der Waals surface area (Å²) in [7, 11) is 1.84. The minimum Gasteiger partial charge on any atom is -0.311 e. The lowest BCUT2D eigenvalue weighted by atomic mass is 10.0. The Bertz CT molecular complexity index is 574. The number of halogens is 2. The monoisotopic (exact) mass is 279 g/mol. The average molecular weight is 280 g/mol. The largest absolute Gasteiger partial charge is 0.311 e. The summed E-state index contributed by atoms with van der Waals surface area (Å²) in [6, 6.07) is 6.66. The van der Waals surface area contributed by atoms with Gasteiger partial charge in [-0.25, -0.2) is 14.4 Å². The van der Waals surface area contributed by atoms with Gasteiger partial charge in [0.1, 0.15) is 11.6 Å². The molecule has 1 N–H and O–H groups in total. The summed E-state index contributed by atoms with van der Waals surface area (Å²) in [4.78, 5) is 8.45. The highest BCUT2D eigenvalue weighted by molar-refractivity contribution is 6.31. The van der Waals surface area contributed by atoms with Gasteiger partial charge < -0.3 is 5.32 Å². The van der Waals surface area contributed by atoms with Crippen LogP contribution in [0.25, 0.3) is 0 Å². The van der Waals surface area contributed by atoms with E-state index < -0.39 is 5.82 Å². The number of likely N-dealkylation sites (N-methyl/N-ethyl adjacent to an activating group) is 1. The number of hydrogen-bond acceptors (Lipinski definition) is 3. The van der Waals surface area contributed by atoms with E-state index in [1.54, 1.807) is 12.3 Å². The fourth-order valence-corrected chi connectivity index (χ4v) is 2.15. The van der Waals surface area contributed by atoms with Crippen LogP contribution in [0.5, 0.6) is 0 Å². The quantitative estimate of drug-likeness (QED) is 0.935. The Morgan fingerprint density at radius 3 is 2.84 bits per heavy atom. The van der Waals surface area contributed by atoms with E-state index in [-0.39, 0.29) is 11.1 Å². The molecule has 1 atom stereocenters. The first kappa shape index (κ1) is 13.9. The first-order chi connectivity index (χ1) is 9.11. The molecule has 3 nitrogen and oxygen atoms in total. The lowest BCUT2D eigenvalue weighted by Gasteiger charge is -2.16. The zero-order chi connectivity index (χ0) is 13.8. The van der Waals surface area contributed by atoms with Gasteiger partial charge in [-0.3, -0.25) is 0 Å². The van der Waals surface area contributed by atoms with E-state index in [4.69, 9.17) is 11.6 Å². The second kappa shape index (κ2) is 6.08. The Morgan fingerprint density at radius 1 is 1.37 bits per heavy atom. The fourth-order valence-electron chi connectivity index (χ4n) is 1.95. The van der Waals surface area contributed by atoms with E-state index in [1.165, 1.54) is 6.07 Å². The molecule has 0 saturated heterocycles. The molecule has 1 heterocycles. The van der Waals surface area contributed by atoms with Crippen molar-refractivity contribution in [2.24, 2.45) is 0 Å². The highest BCUT2D eigenvalue weighted by atomic mass is 35.5. The highest BCUT2D eigenvalue weighted by Gasteiger charge is 2.15. The lowest BCUT2D eigenvalue weighted by Crippen LogP contribution is -2.20. The van der Waals surface area contributed by atoms with Crippen LogP contribution in [0.4, 0.5) is 4.39 Å². The molecule has 2 aromatic rings. The van der Waals surface area contributed by atoms with Crippen molar-refractivity contribution in [2.75, 3.05) is 7.05 Å². The zero-order valence-electron chi connectivity index (χ0n) is 10.8. The molecule has 0 amide bonds. The lowest BCUT2D eigenvalue weighted by molar-refractivity contribution is 0.567. The van der Waals surface area contributed by atoms with Crippen molar-refractivity contribution < 1.29 is 4.39 Å². The first-order valence-electron chi connectivity index (χ1n) is 6.01. The molecule has 1 aromatic carbocycles. The van der Waals surface area contributed by atoms with Crippen molar-refractivity contribution in [1.82, 2.24) is 15.3 Å². The van der Waals surface area contributed by atoms with Gasteiger partial charge in [0.05, 0.1) is 16.8 Å². The van der Waals surface area contributed by atoms with Gasteiger partial charge in [0.25, 0.3) is 0 Å². The first-order valence-corrected chi connectivity index (χ1v) is 6.39. The Kier molecular flexibility index (Phi) is 4.45. The molecule has 0 fully saturated rings. The van der Waals surface area contributed by atoms with Crippen LogP contribution in [0.1, 0.15) is 23.1 Å². The standard InChI is InChI=1S/C14H15ClFN3/c1-9-18-7-6-12(19-9)13(17-2)8-10-4-3-5-11(16)14(10)15/h3-7,13,17H,8H2,1-2H3. The number of hydrogen-bond donors (Lipinski definition) is 1. The van der Waals surface area contributed by atoms with Gasteiger partial charge in [0, 0.05) is 6.20 Å². The fraction of sp³-hybridized carbons (Fsp3) is 0.286. The summed E-state index contributed by atoms with van der Waals surface area (Å²) >= 11 is 5.98. The van der Waals surface area contributed by atoms with Crippen molar-refractivity contribution in [3.63, 3.8) is 0 Å². The van der Waals surface area contributed by atoms with E-state index >= 15 is 0 Å². The van der Waals surface area contributed by atoms with E-state index in [2.05, 4.69) is 15.3 Å². The maximum atomic E-state index is 13.4. The second-order valence-electron chi connectivity index (χ2n) is 4.29. The third-order valence-corrected chi connectivity index (χ3v) is 3.38. The number of aryl methyl sites for hydroxylation is 1. The molecule has 1 unspecified atom stereocenters. The van der Waals surface area contributed by atoms with Crippen LogP contribution in [-0.4, -0.2) is 17.0 Å². The third-order valence-electron chi connectivity index (χ3n) is 2.96. The Morgan fingerprint density at radius 2 is 2.16 bits per heavy atom. The highest BCUT2D eigenvalue weighted by Crippen LogP contribution is 2.24. The van der Waals surface area contributed by atoms with Gasteiger partial charge in [-0.15, -0.1) is 0 Å². The maximum absolute atomic E-state index is 13.4. The molecule has 0 bridgehead atoms. The summed E-state index contributed by atoms with van der Waals surface area (Å²) < 4.78 is 13.4. The molecular formula is C14H15ClFN3. The Labute approximate surface area is 116 Å². The predicted octanol–water partition coefficient (Wildman–Crippen LogP) is 3.08. The van der Waals surface area contributed by atoms with Gasteiger partial charge in [-0.05, 0) is 38.1 Å². The van der Waals surface area contributed by atoms with Crippen LogP contribution < -0.4 is 5.32 Å². The molecule has 0 aliphatic heterocycles. The van der Waals surface area contributed by atoms with Crippen LogP contribution in [0, 0.1) is 12.7 Å². The minimum atomic E-state index is -0.395. The molecule has 2 rings (SSSR count). The topological polar surface area (TPSA) is 37.8 Å². The van der Waals surface area contributed by atoms with Gasteiger partial charge in [-0.1, -0.05) is 23.7 Å². The van der Waals surface area contributed by atoms with E-state index in [0.717, 1.165) is 11.3 Å². The number of rotatable bonds is 4. The number of benzene rings is 1. The van der Waals surface area contributed by atoms with E-state index in [1.807, 2.05) is 26.1 Å². The Hall–Kier alpha value is -1.52. The van der Waals surface area contributed by atoms with Crippen molar-refractivity contribution in [3.05, 3.63) is 58.4 Å². The summed E-state index contributed by atoms with van der Waals surface area (Å²) in [5.74, 6) is 0.316.